The van der Waals surface area contributed by atoms with Gasteiger partial charge in [-0.2, -0.15) is 13.2 Å². The first-order chi connectivity index (χ1) is 20.8. The Balaban J connectivity index is 1.73. The fourth-order valence-electron chi connectivity index (χ4n) is 4.10. The van der Waals surface area contributed by atoms with E-state index in [1.165, 1.54) is 19.6 Å². The molecule has 1 unspecified atom stereocenters. The number of nitrogens with zero attached hydrogens (tertiary/aromatic N) is 4. The molecule has 2 aromatic carbocycles. The van der Waals surface area contributed by atoms with Gasteiger partial charge in [-0.05, 0) is 40.2 Å². The minimum absolute atomic E-state index is 0.0271. The van der Waals surface area contributed by atoms with Crippen LogP contribution in [0.4, 0.5) is 26.7 Å². The van der Waals surface area contributed by atoms with Crippen molar-refractivity contribution < 1.29 is 50.5 Å². The lowest BCUT2D eigenvalue weighted by atomic mass is 10.1. The average molecular weight is 688 g/mol. The zero-order chi connectivity index (χ0) is 32.2. The van der Waals surface area contributed by atoms with Gasteiger partial charge in [0, 0.05) is 25.4 Å². The van der Waals surface area contributed by atoms with Gasteiger partial charge in [0.15, 0.2) is 22.3 Å². The van der Waals surface area contributed by atoms with Crippen molar-refractivity contribution in [2.24, 2.45) is 5.73 Å². The van der Waals surface area contributed by atoms with E-state index in [1.807, 2.05) is 0 Å². The van der Waals surface area contributed by atoms with Crippen LogP contribution in [0.3, 0.4) is 0 Å². The van der Waals surface area contributed by atoms with Crippen molar-refractivity contribution in [3.8, 4) is 17.0 Å². The summed E-state index contributed by atoms with van der Waals surface area (Å²) in [5.41, 5.74) is 3.81. The van der Waals surface area contributed by atoms with Gasteiger partial charge in [-0.1, -0.05) is 12.1 Å². The minimum atomic E-state index is -4.58. The van der Waals surface area contributed by atoms with E-state index in [9.17, 15) is 32.3 Å². The number of carbonyl (C=O) groups is 2. The van der Waals surface area contributed by atoms with E-state index in [-0.39, 0.29) is 28.4 Å². The summed E-state index contributed by atoms with van der Waals surface area (Å²) >= 11 is 3.15. The maximum absolute atomic E-state index is 15.1. The van der Waals surface area contributed by atoms with Crippen molar-refractivity contribution in [3.63, 3.8) is 0 Å². The number of rotatable bonds is 12. The molecule has 0 bridgehead atoms. The van der Waals surface area contributed by atoms with Crippen molar-refractivity contribution >= 4 is 27.9 Å². The molecular weight excluding hydrogens is 665 g/mol. The third kappa shape index (κ3) is 7.34. The highest BCUT2D eigenvalue weighted by Gasteiger charge is 2.32. The van der Waals surface area contributed by atoms with E-state index in [2.05, 4.69) is 25.9 Å². The monoisotopic (exact) mass is 687 g/mol. The fourth-order valence-corrected chi connectivity index (χ4v) is 4.58. The second kappa shape index (κ2) is 13.4. The zero-order valence-electron chi connectivity index (χ0n) is 22.6. The number of alkyl halides is 3. The molecule has 3 N–H and O–H groups in total. The molecule has 11 nitrogen and oxygen atoms in total. The van der Waals surface area contributed by atoms with Crippen LogP contribution in [0, 0.1) is 11.6 Å². The van der Waals surface area contributed by atoms with Crippen molar-refractivity contribution in [2.75, 3.05) is 20.3 Å². The summed E-state index contributed by atoms with van der Waals surface area (Å²) in [6.45, 7) is -0.109. The highest BCUT2D eigenvalue weighted by Crippen LogP contribution is 2.36. The van der Waals surface area contributed by atoms with Gasteiger partial charge in [0.05, 0.1) is 37.3 Å². The number of aromatic nitrogens is 3. The highest BCUT2D eigenvalue weighted by atomic mass is 79.9. The molecule has 17 heteroatoms. The summed E-state index contributed by atoms with van der Waals surface area (Å²) in [7, 11) is 1.49. The molecule has 0 aliphatic carbocycles. The minimum Gasteiger partial charge on any atom is -0.476 e. The van der Waals surface area contributed by atoms with Crippen LogP contribution < -0.4 is 10.5 Å². The molecule has 2 aromatic heterocycles. The SMILES string of the molecule is COCCn1cncc1CN(CC(Oc1ccc(F)c(C(N)=O)c1F)c1nc(-c2ccc(C(F)(F)F)cc2)c(Br)o1)C(=O)O. The molecule has 0 saturated carbocycles. The smallest absolute Gasteiger partial charge is 0.416 e. The largest absolute Gasteiger partial charge is 0.476 e. The number of carbonyl (C=O) groups excluding carboxylic acids is 1. The normalized spacial score (nSPS) is 12.2. The molecule has 44 heavy (non-hydrogen) atoms. The number of methoxy groups -OCH3 is 1. The van der Waals surface area contributed by atoms with Gasteiger partial charge in [-0.15, -0.1) is 0 Å². The van der Waals surface area contributed by atoms with E-state index in [0.717, 1.165) is 41.3 Å². The zero-order valence-corrected chi connectivity index (χ0v) is 24.2. The van der Waals surface area contributed by atoms with Gasteiger partial charge < -0.3 is 29.3 Å². The number of imidazole rings is 1. The Morgan fingerprint density at radius 2 is 1.89 bits per heavy atom. The summed E-state index contributed by atoms with van der Waals surface area (Å²) in [5, 5.41) is 10.0. The Labute approximate surface area is 254 Å². The number of halogens is 6. The van der Waals surface area contributed by atoms with Gasteiger partial charge in [0.1, 0.15) is 17.1 Å². The Morgan fingerprint density at radius 3 is 2.50 bits per heavy atom. The molecule has 0 spiro atoms. The van der Waals surface area contributed by atoms with E-state index in [1.54, 1.807) is 4.57 Å². The molecule has 234 valence electrons. The lowest BCUT2D eigenvalue weighted by molar-refractivity contribution is -0.137. The summed E-state index contributed by atoms with van der Waals surface area (Å²) in [6, 6.07) is 5.56. The first-order valence-electron chi connectivity index (χ1n) is 12.5. The Kier molecular flexibility index (Phi) is 9.88. The summed E-state index contributed by atoms with van der Waals surface area (Å²) in [6.07, 6.45) is -4.62. The number of hydrogen-bond acceptors (Lipinski definition) is 7. The van der Waals surface area contributed by atoms with Gasteiger partial charge in [-0.25, -0.2) is 23.5 Å². The third-order valence-electron chi connectivity index (χ3n) is 6.28. The van der Waals surface area contributed by atoms with Crippen LogP contribution in [0.1, 0.15) is 33.6 Å². The summed E-state index contributed by atoms with van der Waals surface area (Å²) in [4.78, 5) is 33.2. The molecule has 0 radical (unpaired) electrons. The molecule has 2 heterocycles. The maximum atomic E-state index is 15.1. The topological polar surface area (TPSA) is 146 Å². The van der Waals surface area contributed by atoms with E-state index < -0.39 is 59.3 Å². The molecule has 4 aromatic rings. The van der Waals surface area contributed by atoms with Gasteiger partial charge in [0.2, 0.25) is 5.89 Å². The molecule has 0 saturated heterocycles. The van der Waals surface area contributed by atoms with Crippen molar-refractivity contribution in [2.45, 2.75) is 25.4 Å². The number of primary amides is 1. The fraction of sp³-hybridized carbons (Fsp3) is 0.259. The molecular formula is C27H23BrF5N5O6. The van der Waals surface area contributed by atoms with Crippen LogP contribution in [0.25, 0.3) is 11.3 Å². The average Bonchev–Trinajstić information content (AvgIpc) is 3.57. The van der Waals surface area contributed by atoms with Crippen LogP contribution >= 0.6 is 15.9 Å². The van der Waals surface area contributed by atoms with Gasteiger partial charge in [0.25, 0.3) is 5.91 Å². The first-order valence-corrected chi connectivity index (χ1v) is 13.3. The van der Waals surface area contributed by atoms with Crippen LogP contribution in [0.2, 0.25) is 0 Å². The third-order valence-corrected chi connectivity index (χ3v) is 6.82. The van der Waals surface area contributed by atoms with Crippen molar-refractivity contribution in [3.05, 3.63) is 87.9 Å². The van der Waals surface area contributed by atoms with Crippen LogP contribution in [-0.2, 0) is 24.0 Å². The van der Waals surface area contributed by atoms with Crippen LogP contribution in [0.5, 0.6) is 5.75 Å². The predicted molar refractivity (Wildman–Crippen MR) is 145 cm³/mol. The molecule has 2 amide bonds. The summed E-state index contributed by atoms with van der Waals surface area (Å²) < 4.78 is 86.5. The van der Waals surface area contributed by atoms with Gasteiger partial charge in [-0.3, -0.25) is 9.69 Å². The van der Waals surface area contributed by atoms with Crippen molar-refractivity contribution in [1.82, 2.24) is 19.4 Å². The molecule has 1 atom stereocenters. The number of oxazole rings is 1. The lowest BCUT2D eigenvalue weighted by Crippen LogP contribution is -2.35. The Bertz CT molecular complexity index is 1640. The maximum Gasteiger partial charge on any atom is 0.416 e. The lowest BCUT2D eigenvalue weighted by Gasteiger charge is -2.25. The van der Waals surface area contributed by atoms with Crippen LogP contribution in [0.15, 0.2) is 58.0 Å². The van der Waals surface area contributed by atoms with Crippen molar-refractivity contribution in [1.29, 1.82) is 0 Å². The molecule has 4 rings (SSSR count). The second-order valence-electron chi connectivity index (χ2n) is 9.19. The first kappa shape index (κ1) is 32.4. The quantitative estimate of drug-likeness (QED) is 0.182. The number of ether oxygens (including phenoxy) is 2. The van der Waals surface area contributed by atoms with Gasteiger partial charge >= 0.3 is 12.3 Å². The van der Waals surface area contributed by atoms with E-state index in [0.29, 0.717) is 18.8 Å². The number of nitrogens with two attached hydrogens (primary N) is 1. The second-order valence-corrected chi connectivity index (χ2v) is 9.91. The number of hydrogen-bond donors (Lipinski definition) is 2. The number of benzene rings is 2. The van der Waals surface area contributed by atoms with Crippen LogP contribution in [-0.4, -0.2) is 56.8 Å². The predicted octanol–water partition coefficient (Wildman–Crippen LogP) is 5.64. The molecule has 0 aliphatic rings. The van der Waals surface area contributed by atoms with E-state index >= 15 is 4.39 Å². The Morgan fingerprint density at radius 1 is 1.18 bits per heavy atom. The molecule has 0 aliphatic heterocycles. The molecule has 0 fully saturated rings. The standard InChI is InChI=1S/C27H23BrF5N5O6/c1-42-9-8-37-13-35-10-16(37)11-38(26(40)41)12-19(43-18-7-6-17(29)20(21(18)30)24(34)39)25-36-22(23(28)44-25)14-2-4-15(5-3-14)27(31,32)33/h2-7,10,13,19H,8-9,11-12H2,1H3,(H2,34,39)(H,40,41). The Hall–Kier alpha value is -4.51. The number of amides is 2. The van der Waals surface area contributed by atoms with E-state index in [4.69, 9.17) is 19.6 Å². The number of carboxylic acid groups (broad SMARTS) is 1. The summed E-state index contributed by atoms with van der Waals surface area (Å²) in [5.74, 6) is -5.11. The highest BCUT2D eigenvalue weighted by molar-refractivity contribution is 9.10.